The Morgan fingerprint density at radius 1 is 1.10 bits per heavy atom. The molecule has 2 atom stereocenters. The molecule has 2 aliphatic rings. The average molecular weight is 142 g/mol. The molecule has 0 amide bonds. The van der Waals surface area contributed by atoms with Gasteiger partial charge >= 0.3 is 0 Å². The van der Waals surface area contributed by atoms with Crippen LogP contribution in [0.15, 0.2) is 0 Å². The van der Waals surface area contributed by atoms with E-state index in [0.29, 0.717) is 12.2 Å². The molecular formula is C9H18O. The quantitative estimate of drug-likeness (QED) is 0.505. The van der Waals surface area contributed by atoms with Crippen molar-refractivity contribution in [3.05, 3.63) is 0 Å². The zero-order valence-corrected chi connectivity index (χ0v) is 5.97. The summed E-state index contributed by atoms with van der Waals surface area (Å²) in [4.78, 5) is 0. The predicted molar refractivity (Wildman–Crippen MR) is 43.0 cm³/mol. The Labute approximate surface area is 63.8 Å². The van der Waals surface area contributed by atoms with Crippen molar-refractivity contribution in [2.45, 2.75) is 52.2 Å². The van der Waals surface area contributed by atoms with E-state index in [-0.39, 0.29) is 7.43 Å². The van der Waals surface area contributed by atoms with Crippen LogP contribution in [0.4, 0.5) is 0 Å². The Balaban J connectivity index is 0.000000500. The first-order valence-corrected chi connectivity index (χ1v) is 4.00. The largest absolute Gasteiger partial charge is 0.375 e. The van der Waals surface area contributed by atoms with E-state index >= 15 is 0 Å². The van der Waals surface area contributed by atoms with E-state index in [4.69, 9.17) is 4.74 Å². The molecule has 1 heteroatoms. The zero-order chi connectivity index (χ0) is 6.27. The maximum Gasteiger partial charge on any atom is 0.0582 e. The van der Waals surface area contributed by atoms with Gasteiger partial charge in [-0.2, -0.15) is 0 Å². The van der Waals surface area contributed by atoms with E-state index in [2.05, 4.69) is 6.92 Å². The Bertz CT molecular complexity index is 99.3. The van der Waals surface area contributed by atoms with Gasteiger partial charge in [-0.05, 0) is 31.6 Å². The summed E-state index contributed by atoms with van der Waals surface area (Å²) in [5, 5.41) is 0. The highest BCUT2D eigenvalue weighted by Gasteiger charge is 2.32. The van der Waals surface area contributed by atoms with Gasteiger partial charge in [0.05, 0.1) is 12.2 Å². The van der Waals surface area contributed by atoms with Crippen LogP contribution in [0.5, 0.6) is 0 Å². The maximum absolute atomic E-state index is 5.67. The van der Waals surface area contributed by atoms with Crippen LogP contribution in [-0.4, -0.2) is 12.2 Å². The molecule has 1 nitrogen and oxygen atoms in total. The lowest BCUT2D eigenvalue weighted by molar-refractivity contribution is -0.0152. The third-order valence-corrected chi connectivity index (χ3v) is 2.53. The number of rotatable bonds is 0. The SMILES string of the molecule is C.CC1CC2CCC(C1)O2. The second kappa shape index (κ2) is 2.91. The van der Waals surface area contributed by atoms with Crippen LogP contribution in [-0.2, 0) is 4.74 Å². The molecule has 0 aromatic rings. The van der Waals surface area contributed by atoms with Crippen molar-refractivity contribution in [2.24, 2.45) is 5.92 Å². The Morgan fingerprint density at radius 3 is 2.10 bits per heavy atom. The molecule has 0 N–H and O–H groups in total. The van der Waals surface area contributed by atoms with Gasteiger partial charge in [0, 0.05) is 0 Å². The molecule has 2 unspecified atom stereocenters. The van der Waals surface area contributed by atoms with E-state index in [1.54, 1.807) is 0 Å². The average Bonchev–Trinajstić information content (AvgIpc) is 2.11. The van der Waals surface area contributed by atoms with Gasteiger partial charge in [-0.25, -0.2) is 0 Å². The highest BCUT2D eigenvalue weighted by molar-refractivity contribution is 4.82. The van der Waals surface area contributed by atoms with Gasteiger partial charge in [0.2, 0.25) is 0 Å². The van der Waals surface area contributed by atoms with Crippen molar-refractivity contribution in [1.29, 1.82) is 0 Å². The van der Waals surface area contributed by atoms with Gasteiger partial charge in [-0.3, -0.25) is 0 Å². The number of fused-ring (bicyclic) bond motifs is 2. The van der Waals surface area contributed by atoms with E-state index in [1.807, 2.05) is 0 Å². The minimum Gasteiger partial charge on any atom is -0.375 e. The van der Waals surface area contributed by atoms with Gasteiger partial charge in [0.1, 0.15) is 0 Å². The molecule has 60 valence electrons. The van der Waals surface area contributed by atoms with E-state index in [1.165, 1.54) is 25.7 Å². The minimum atomic E-state index is 0. The van der Waals surface area contributed by atoms with E-state index in [0.717, 1.165) is 5.92 Å². The molecule has 2 fully saturated rings. The summed E-state index contributed by atoms with van der Waals surface area (Å²) in [5.74, 6) is 0.927. The molecule has 0 aliphatic carbocycles. The molecule has 0 saturated carbocycles. The molecule has 0 aromatic carbocycles. The summed E-state index contributed by atoms with van der Waals surface area (Å²) in [6.07, 6.45) is 6.56. The Kier molecular flexibility index (Phi) is 2.35. The Hall–Kier alpha value is -0.0400. The van der Waals surface area contributed by atoms with Crippen LogP contribution in [0, 0.1) is 5.92 Å². The zero-order valence-electron chi connectivity index (χ0n) is 5.97. The van der Waals surface area contributed by atoms with Crippen molar-refractivity contribution in [3.63, 3.8) is 0 Å². The lowest BCUT2D eigenvalue weighted by Gasteiger charge is -2.25. The summed E-state index contributed by atoms with van der Waals surface area (Å²) < 4.78 is 5.67. The molecule has 2 bridgehead atoms. The van der Waals surface area contributed by atoms with Crippen LogP contribution in [0.3, 0.4) is 0 Å². The first-order valence-electron chi connectivity index (χ1n) is 4.00. The number of hydrogen-bond acceptors (Lipinski definition) is 1. The minimum absolute atomic E-state index is 0. The second-order valence-electron chi connectivity index (χ2n) is 3.53. The summed E-state index contributed by atoms with van der Waals surface area (Å²) in [7, 11) is 0. The van der Waals surface area contributed by atoms with Crippen molar-refractivity contribution in [2.75, 3.05) is 0 Å². The van der Waals surface area contributed by atoms with Crippen LogP contribution >= 0.6 is 0 Å². The van der Waals surface area contributed by atoms with Crippen LogP contribution < -0.4 is 0 Å². The van der Waals surface area contributed by atoms with Gasteiger partial charge in [0.25, 0.3) is 0 Å². The monoisotopic (exact) mass is 142 g/mol. The van der Waals surface area contributed by atoms with Gasteiger partial charge in [-0.15, -0.1) is 0 Å². The van der Waals surface area contributed by atoms with Crippen molar-refractivity contribution in [1.82, 2.24) is 0 Å². The summed E-state index contributed by atoms with van der Waals surface area (Å²) in [6, 6.07) is 0. The number of ether oxygens (including phenoxy) is 1. The summed E-state index contributed by atoms with van der Waals surface area (Å²) in [6.45, 7) is 2.34. The van der Waals surface area contributed by atoms with Gasteiger partial charge < -0.3 is 4.74 Å². The van der Waals surface area contributed by atoms with Crippen LogP contribution in [0.2, 0.25) is 0 Å². The van der Waals surface area contributed by atoms with E-state index in [9.17, 15) is 0 Å². The molecule has 2 aliphatic heterocycles. The lowest BCUT2D eigenvalue weighted by atomic mass is 9.98. The van der Waals surface area contributed by atoms with Crippen molar-refractivity contribution >= 4 is 0 Å². The Morgan fingerprint density at radius 2 is 1.60 bits per heavy atom. The van der Waals surface area contributed by atoms with Crippen molar-refractivity contribution in [3.8, 4) is 0 Å². The smallest absolute Gasteiger partial charge is 0.0582 e. The molecule has 0 spiro atoms. The van der Waals surface area contributed by atoms with Gasteiger partial charge in [-0.1, -0.05) is 14.4 Å². The molecule has 2 rings (SSSR count). The first kappa shape index (κ1) is 8.06. The maximum atomic E-state index is 5.67. The fourth-order valence-electron chi connectivity index (χ4n) is 2.12. The molecule has 10 heavy (non-hydrogen) atoms. The molecular weight excluding hydrogens is 124 g/mol. The van der Waals surface area contributed by atoms with Crippen LogP contribution in [0.25, 0.3) is 0 Å². The number of hydrogen-bond donors (Lipinski definition) is 0. The fraction of sp³-hybridized carbons (Fsp3) is 1.00. The predicted octanol–water partition coefficient (Wildman–Crippen LogP) is 2.60. The fourth-order valence-corrected chi connectivity index (χ4v) is 2.12. The topological polar surface area (TPSA) is 9.23 Å². The van der Waals surface area contributed by atoms with E-state index < -0.39 is 0 Å². The third kappa shape index (κ3) is 1.34. The van der Waals surface area contributed by atoms with Crippen molar-refractivity contribution < 1.29 is 4.74 Å². The standard InChI is InChI=1S/C8H14O.CH4/c1-6-4-7-2-3-8(5-6)9-7;/h6-8H,2-5H2,1H3;1H4. The van der Waals surface area contributed by atoms with Gasteiger partial charge in [0.15, 0.2) is 0 Å². The third-order valence-electron chi connectivity index (χ3n) is 2.53. The lowest BCUT2D eigenvalue weighted by Crippen LogP contribution is -2.22. The molecule has 0 aromatic heterocycles. The van der Waals surface area contributed by atoms with Crippen LogP contribution in [0.1, 0.15) is 40.0 Å². The highest BCUT2D eigenvalue weighted by Crippen LogP contribution is 2.35. The summed E-state index contributed by atoms with van der Waals surface area (Å²) in [5.41, 5.74) is 0. The highest BCUT2D eigenvalue weighted by atomic mass is 16.5. The molecule has 2 heterocycles. The normalized spacial score (nSPS) is 44.7. The molecule has 0 radical (unpaired) electrons. The molecule has 2 saturated heterocycles. The first-order chi connectivity index (χ1) is 4.34. The second-order valence-corrected chi connectivity index (χ2v) is 3.53. The summed E-state index contributed by atoms with van der Waals surface area (Å²) >= 11 is 0.